The van der Waals surface area contributed by atoms with Crippen LogP contribution in [0.25, 0.3) is 22.3 Å². The molecule has 4 N–H and O–H groups in total. The quantitative estimate of drug-likeness (QED) is 0.165. The molecule has 42 heavy (non-hydrogen) atoms. The maximum atomic E-state index is 15.4. The fraction of sp³-hybridized carbons (Fsp3) is 0.192. The molecule has 218 valence electrons. The Balaban J connectivity index is 1.43. The number of carboxylic acid groups (broad SMARTS) is 1. The van der Waals surface area contributed by atoms with Crippen LogP contribution >= 0.6 is 0 Å². The lowest BCUT2D eigenvalue weighted by molar-refractivity contribution is -0.131. The lowest BCUT2D eigenvalue weighted by atomic mass is 10.1. The average molecular weight is 589 g/mol. The standard InChI is InChI=1S/C26H20F5N7O4/c27-15-8-13(42-23-20(30)16(28)9-17(29)21(23)31)3-4-14(15)22-19-24(32)34-11-35-25(19)38(36-22)12-5-7-37(10-12)26(41)33-6-1-2-18(39)40/h1-4,8-9,11-12H,5-7,10H2,(H,33,41)(H,39,40)(H2,32,34,35). The minimum Gasteiger partial charge on any atom is -0.478 e. The Morgan fingerprint density at radius 1 is 1.10 bits per heavy atom. The van der Waals surface area contributed by atoms with Gasteiger partial charge in [0.25, 0.3) is 0 Å². The molecule has 3 heterocycles. The predicted octanol–water partition coefficient (Wildman–Crippen LogP) is 4.16. The second-order valence-corrected chi connectivity index (χ2v) is 9.11. The van der Waals surface area contributed by atoms with Crippen molar-refractivity contribution >= 4 is 28.9 Å². The average Bonchev–Trinajstić information content (AvgIpc) is 3.58. The van der Waals surface area contributed by atoms with Gasteiger partial charge in [-0.25, -0.2) is 37.4 Å². The summed E-state index contributed by atoms with van der Waals surface area (Å²) in [6, 6.07) is 2.24. The van der Waals surface area contributed by atoms with Gasteiger partial charge in [-0.3, -0.25) is 0 Å². The number of ether oxygens (including phenoxy) is 1. The highest BCUT2D eigenvalue weighted by Gasteiger charge is 2.31. The van der Waals surface area contributed by atoms with Gasteiger partial charge in [-0.05, 0) is 18.6 Å². The Kier molecular flexibility index (Phi) is 7.60. The van der Waals surface area contributed by atoms with Gasteiger partial charge in [0, 0.05) is 43.4 Å². The van der Waals surface area contributed by atoms with Crippen LogP contribution in [0.2, 0.25) is 0 Å². The minimum atomic E-state index is -1.79. The number of amides is 2. The number of urea groups is 1. The van der Waals surface area contributed by atoms with Crippen molar-refractivity contribution in [2.24, 2.45) is 0 Å². The molecular weight excluding hydrogens is 569 g/mol. The zero-order valence-electron chi connectivity index (χ0n) is 21.3. The molecule has 2 aromatic heterocycles. The van der Waals surface area contributed by atoms with Crippen LogP contribution in [0.4, 0.5) is 32.6 Å². The summed E-state index contributed by atoms with van der Waals surface area (Å²) in [6.07, 6.45) is 3.84. The van der Waals surface area contributed by atoms with Crippen molar-refractivity contribution in [1.29, 1.82) is 0 Å². The Bertz CT molecular complexity index is 1720. The second-order valence-electron chi connectivity index (χ2n) is 9.11. The van der Waals surface area contributed by atoms with Gasteiger partial charge in [-0.1, -0.05) is 6.08 Å². The first kappa shape index (κ1) is 28.3. The number of anilines is 1. The Labute approximate surface area is 233 Å². The fourth-order valence-corrected chi connectivity index (χ4v) is 4.49. The first-order chi connectivity index (χ1) is 20.0. The third kappa shape index (κ3) is 5.37. The zero-order chi connectivity index (χ0) is 30.1. The smallest absolute Gasteiger partial charge is 0.328 e. The van der Waals surface area contributed by atoms with Crippen molar-refractivity contribution in [2.45, 2.75) is 12.5 Å². The first-order valence-corrected chi connectivity index (χ1v) is 12.3. The van der Waals surface area contributed by atoms with E-state index in [0.717, 1.165) is 18.2 Å². The monoisotopic (exact) mass is 589 g/mol. The van der Waals surface area contributed by atoms with E-state index >= 15 is 4.39 Å². The number of carbonyl (C=O) groups is 2. The van der Waals surface area contributed by atoms with E-state index in [9.17, 15) is 27.2 Å². The molecule has 0 bridgehead atoms. The van der Waals surface area contributed by atoms with E-state index < -0.39 is 58.6 Å². The van der Waals surface area contributed by atoms with Crippen molar-refractivity contribution in [3.8, 4) is 22.8 Å². The second kappa shape index (κ2) is 11.3. The molecule has 0 aliphatic carbocycles. The molecule has 1 saturated heterocycles. The number of aromatic nitrogens is 4. The van der Waals surface area contributed by atoms with Crippen molar-refractivity contribution < 1.29 is 41.4 Å². The molecule has 4 aromatic rings. The molecule has 1 fully saturated rings. The molecule has 0 saturated carbocycles. The Morgan fingerprint density at radius 3 is 2.52 bits per heavy atom. The molecule has 5 rings (SSSR count). The number of likely N-dealkylation sites (tertiary alicyclic amines) is 1. The lowest BCUT2D eigenvalue weighted by Gasteiger charge is -2.17. The molecule has 1 unspecified atom stereocenters. The van der Waals surface area contributed by atoms with E-state index in [4.69, 9.17) is 15.6 Å². The fourth-order valence-electron chi connectivity index (χ4n) is 4.49. The van der Waals surface area contributed by atoms with Crippen molar-refractivity contribution in [2.75, 3.05) is 25.4 Å². The number of nitrogens with two attached hydrogens (primary N) is 1. The van der Waals surface area contributed by atoms with E-state index in [2.05, 4.69) is 20.4 Å². The number of fused-ring (bicyclic) bond motifs is 1. The summed E-state index contributed by atoms with van der Waals surface area (Å²) in [4.78, 5) is 32.8. The maximum Gasteiger partial charge on any atom is 0.328 e. The molecule has 1 aliphatic rings. The molecule has 2 aromatic carbocycles. The number of halogens is 5. The molecule has 11 nitrogen and oxygen atoms in total. The summed E-state index contributed by atoms with van der Waals surface area (Å²) in [5.74, 6) is -10.9. The zero-order valence-corrected chi connectivity index (χ0v) is 21.3. The normalized spacial score (nSPS) is 15.1. The topological polar surface area (TPSA) is 148 Å². The number of hydrogen-bond donors (Lipinski definition) is 3. The van der Waals surface area contributed by atoms with Gasteiger partial charge < -0.3 is 25.8 Å². The van der Waals surface area contributed by atoms with Crippen LogP contribution in [0.3, 0.4) is 0 Å². The number of carboxylic acids is 1. The number of benzene rings is 2. The number of nitrogens with one attached hydrogen (secondary N) is 1. The Hall–Kier alpha value is -5.28. The number of carbonyl (C=O) groups excluding carboxylic acids is 1. The first-order valence-electron chi connectivity index (χ1n) is 12.3. The number of aliphatic carboxylic acids is 1. The number of hydrogen-bond acceptors (Lipinski definition) is 7. The van der Waals surface area contributed by atoms with Gasteiger partial charge in [0.2, 0.25) is 17.4 Å². The Morgan fingerprint density at radius 2 is 1.83 bits per heavy atom. The van der Waals surface area contributed by atoms with Crippen LogP contribution in [0, 0.1) is 29.1 Å². The molecule has 2 amide bonds. The van der Waals surface area contributed by atoms with Crippen molar-refractivity contribution in [3.05, 3.63) is 71.8 Å². The third-order valence-corrected chi connectivity index (χ3v) is 6.43. The van der Waals surface area contributed by atoms with Gasteiger partial charge in [-0.2, -0.15) is 13.9 Å². The number of nitrogen functional groups attached to an aromatic ring is 1. The summed E-state index contributed by atoms with van der Waals surface area (Å²) in [7, 11) is 0. The molecule has 0 spiro atoms. The highest BCUT2D eigenvalue weighted by Crippen LogP contribution is 2.37. The molecule has 16 heteroatoms. The van der Waals surface area contributed by atoms with Crippen LogP contribution in [-0.2, 0) is 4.79 Å². The minimum absolute atomic E-state index is 0.0112. The van der Waals surface area contributed by atoms with E-state index in [-0.39, 0.29) is 47.3 Å². The molecule has 1 aliphatic heterocycles. The maximum absolute atomic E-state index is 15.4. The number of rotatable bonds is 7. The van der Waals surface area contributed by atoms with E-state index in [0.29, 0.717) is 13.0 Å². The predicted molar refractivity (Wildman–Crippen MR) is 137 cm³/mol. The van der Waals surface area contributed by atoms with Gasteiger partial charge >= 0.3 is 12.0 Å². The summed E-state index contributed by atoms with van der Waals surface area (Å²) in [6.45, 7) is 0.549. The van der Waals surface area contributed by atoms with Gasteiger partial charge in [0.15, 0.2) is 17.3 Å². The van der Waals surface area contributed by atoms with Gasteiger partial charge in [0.1, 0.15) is 29.4 Å². The van der Waals surface area contributed by atoms with Gasteiger partial charge in [-0.15, -0.1) is 0 Å². The summed E-state index contributed by atoms with van der Waals surface area (Å²) < 4.78 is 76.9. The van der Waals surface area contributed by atoms with Crippen LogP contribution in [0.15, 0.2) is 42.7 Å². The van der Waals surface area contributed by atoms with Crippen LogP contribution in [-0.4, -0.2) is 61.4 Å². The largest absolute Gasteiger partial charge is 0.478 e. The van der Waals surface area contributed by atoms with Crippen LogP contribution in [0.5, 0.6) is 11.5 Å². The van der Waals surface area contributed by atoms with Crippen molar-refractivity contribution in [1.82, 2.24) is 30.0 Å². The summed E-state index contributed by atoms with van der Waals surface area (Å²) in [5, 5.41) is 16.0. The molecule has 1 atom stereocenters. The molecule has 0 radical (unpaired) electrons. The summed E-state index contributed by atoms with van der Waals surface area (Å²) in [5.41, 5.74) is 6.26. The van der Waals surface area contributed by atoms with Crippen molar-refractivity contribution in [3.63, 3.8) is 0 Å². The van der Waals surface area contributed by atoms with Crippen LogP contribution < -0.4 is 15.8 Å². The highest BCUT2D eigenvalue weighted by molar-refractivity contribution is 5.98. The summed E-state index contributed by atoms with van der Waals surface area (Å²) >= 11 is 0. The van der Waals surface area contributed by atoms with E-state index in [1.54, 1.807) is 0 Å². The van der Waals surface area contributed by atoms with E-state index in [1.807, 2.05) is 0 Å². The SMILES string of the molecule is Nc1ncnc2c1c(-c1ccc(Oc3c(F)c(F)cc(F)c3F)cc1F)nn2C1CCN(C(=O)NCC=CC(=O)O)C1. The highest BCUT2D eigenvalue weighted by atomic mass is 19.2. The van der Waals surface area contributed by atoms with Gasteiger partial charge in [0.05, 0.1) is 11.4 Å². The third-order valence-electron chi connectivity index (χ3n) is 6.43. The lowest BCUT2D eigenvalue weighted by Crippen LogP contribution is -2.38. The van der Waals surface area contributed by atoms with E-state index in [1.165, 1.54) is 28.1 Å². The number of nitrogens with zero attached hydrogens (tertiary/aromatic N) is 5. The van der Waals surface area contributed by atoms with Crippen LogP contribution in [0.1, 0.15) is 12.5 Å². The molecular formula is C26H20F5N7O4.